The zero-order valence-electron chi connectivity index (χ0n) is 14.3. The number of carbonyl (C=O) groups is 1. The number of imidazole rings is 1. The Balaban J connectivity index is 1.53. The minimum absolute atomic E-state index is 0.0574. The number of benzene rings is 1. The Hall–Kier alpha value is -2.89. The Morgan fingerprint density at radius 1 is 1.24 bits per heavy atom. The van der Waals surface area contributed by atoms with Crippen LogP contribution in [-0.2, 0) is 7.05 Å². The van der Waals surface area contributed by atoms with E-state index in [0.29, 0.717) is 12.1 Å². The number of likely N-dealkylation sites (tertiary alicyclic amines) is 1. The maximum atomic E-state index is 12.7. The van der Waals surface area contributed by atoms with Crippen LogP contribution in [0.15, 0.2) is 42.6 Å². The van der Waals surface area contributed by atoms with E-state index in [1.807, 2.05) is 52.9 Å². The maximum Gasteiger partial charge on any atom is 0.253 e. The van der Waals surface area contributed by atoms with Crippen LogP contribution in [0.4, 0.5) is 0 Å². The van der Waals surface area contributed by atoms with E-state index in [1.165, 1.54) is 0 Å². The van der Waals surface area contributed by atoms with Crippen LogP contribution in [0.25, 0.3) is 11.2 Å². The van der Waals surface area contributed by atoms with Gasteiger partial charge >= 0.3 is 0 Å². The van der Waals surface area contributed by atoms with E-state index < -0.39 is 0 Å². The highest BCUT2D eigenvalue weighted by Gasteiger charge is 2.31. The Morgan fingerprint density at radius 2 is 2.04 bits per heavy atom. The lowest BCUT2D eigenvalue weighted by Gasteiger charge is -2.16. The molecule has 1 fully saturated rings. The maximum absolute atomic E-state index is 12.7. The van der Waals surface area contributed by atoms with Crippen LogP contribution in [0.2, 0.25) is 0 Å². The summed E-state index contributed by atoms with van der Waals surface area (Å²) in [7, 11) is 3.61. The Morgan fingerprint density at radius 3 is 2.76 bits per heavy atom. The fourth-order valence-corrected chi connectivity index (χ4v) is 3.48. The quantitative estimate of drug-likeness (QED) is 0.738. The van der Waals surface area contributed by atoms with Gasteiger partial charge in [0.15, 0.2) is 5.65 Å². The van der Waals surface area contributed by atoms with Gasteiger partial charge in [-0.3, -0.25) is 4.79 Å². The van der Waals surface area contributed by atoms with Crippen molar-refractivity contribution in [1.29, 1.82) is 0 Å². The van der Waals surface area contributed by atoms with Gasteiger partial charge in [0, 0.05) is 37.8 Å². The van der Waals surface area contributed by atoms with Crippen LogP contribution in [0.3, 0.4) is 0 Å². The molecule has 4 rings (SSSR count). The number of pyridine rings is 1. The molecule has 1 aliphatic rings. The molecule has 1 saturated heterocycles. The summed E-state index contributed by atoms with van der Waals surface area (Å²) in [6.45, 7) is 1.42. The van der Waals surface area contributed by atoms with Crippen LogP contribution in [0, 0.1) is 0 Å². The van der Waals surface area contributed by atoms with E-state index in [0.717, 1.165) is 35.7 Å². The van der Waals surface area contributed by atoms with Crippen LogP contribution in [0.5, 0.6) is 5.75 Å². The fourth-order valence-electron chi connectivity index (χ4n) is 3.48. The lowest BCUT2D eigenvalue weighted by atomic mass is 10.1. The Kier molecular flexibility index (Phi) is 3.87. The molecule has 1 aliphatic heterocycles. The van der Waals surface area contributed by atoms with Gasteiger partial charge in [-0.05, 0) is 42.8 Å². The number of nitrogens with zero attached hydrogens (tertiary/aromatic N) is 4. The van der Waals surface area contributed by atoms with Crippen LogP contribution in [0.1, 0.15) is 28.5 Å². The zero-order chi connectivity index (χ0) is 17.4. The molecule has 0 aliphatic carbocycles. The summed E-state index contributed by atoms with van der Waals surface area (Å²) in [5.41, 5.74) is 2.48. The van der Waals surface area contributed by atoms with Gasteiger partial charge in [-0.1, -0.05) is 0 Å². The highest BCUT2D eigenvalue weighted by Crippen LogP contribution is 2.29. The van der Waals surface area contributed by atoms with Crippen molar-refractivity contribution in [3.05, 3.63) is 54.0 Å². The monoisotopic (exact) mass is 336 g/mol. The lowest BCUT2D eigenvalue weighted by Crippen LogP contribution is -2.28. The normalized spacial score (nSPS) is 17.2. The fraction of sp³-hybridized carbons (Fsp3) is 0.316. The molecule has 128 valence electrons. The third-order valence-electron chi connectivity index (χ3n) is 4.84. The van der Waals surface area contributed by atoms with E-state index in [1.54, 1.807) is 13.3 Å². The lowest BCUT2D eigenvalue weighted by molar-refractivity contribution is 0.0790. The van der Waals surface area contributed by atoms with Gasteiger partial charge in [-0.15, -0.1) is 0 Å². The number of ether oxygens (including phenoxy) is 1. The summed E-state index contributed by atoms with van der Waals surface area (Å²) in [5.74, 6) is 2.05. The minimum atomic E-state index is 0.0574. The molecule has 2 aromatic heterocycles. The van der Waals surface area contributed by atoms with Crippen molar-refractivity contribution in [3.8, 4) is 5.75 Å². The van der Waals surface area contributed by atoms with Gasteiger partial charge in [0.2, 0.25) is 0 Å². The molecule has 0 bridgehead atoms. The SMILES string of the molecule is COc1ccc(C(=O)N2CCC(c3nc4cccnc4n3C)C2)cc1. The first-order valence-corrected chi connectivity index (χ1v) is 8.38. The summed E-state index contributed by atoms with van der Waals surface area (Å²) in [6, 6.07) is 11.1. The largest absolute Gasteiger partial charge is 0.497 e. The predicted molar refractivity (Wildman–Crippen MR) is 94.8 cm³/mol. The van der Waals surface area contributed by atoms with E-state index >= 15 is 0 Å². The molecule has 1 aromatic carbocycles. The number of aryl methyl sites for hydroxylation is 1. The number of methoxy groups -OCH3 is 1. The van der Waals surface area contributed by atoms with E-state index in [9.17, 15) is 4.79 Å². The summed E-state index contributed by atoms with van der Waals surface area (Å²) in [4.78, 5) is 23.8. The molecule has 1 amide bonds. The van der Waals surface area contributed by atoms with Gasteiger partial charge in [-0.25, -0.2) is 9.97 Å². The third-order valence-corrected chi connectivity index (χ3v) is 4.84. The third kappa shape index (κ3) is 2.73. The van der Waals surface area contributed by atoms with Crippen molar-refractivity contribution >= 4 is 17.1 Å². The van der Waals surface area contributed by atoms with Crippen molar-refractivity contribution < 1.29 is 9.53 Å². The summed E-state index contributed by atoms with van der Waals surface area (Å²) in [6.07, 6.45) is 2.70. The molecular weight excluding hydrogens is 316 g/mol. The van der Waals surface area contributed by atoms with E-state index in [2.05, 4.69) is 4.98 Å². The molecular formula is C19H20N4O2. The second-order valence-electron chi connectivity index (χ2n) is 6.34. The second kappa shape index (κ2) is 6.20. The van der Waals surface area contributed by atoms with Crippen molar-refractivity contribution in [2.45, 2.75) is 12.3 Å². The first kappa shape index (κ1) is 15.6. The van der Waals surface area contributed by atoms with Gasteiger partial charge in [0.05, 0.1) is 7.11 Å². The molecule has 1 atom stereocenters. The standard InChI is InChI=1S/C19H20N4O2/c1-22-17(21-16-4-3-10-20-18(16)22)14-9-11-23(12-14)19(24)13-5-7-15(25-2)8-6-13/h3-8,10,14H,9,11-12H2,1-2H3. The molecule has 6 heteroatoms. The van der Waals surface area contributed by atoms with E-state index in [-0.39, 0.29) is 11.8 Å². The van der Waals surface area contributed by atoms with Crippen molar-refractivity contribution in [3.63, 3.8) is 0 Å². The van der Waals surface area contributed by atoms with Crippen LogP contribution >= 0.6 is 0 Å². The van der Waals surface area contributed by atoms with Gasteiger partial charge in [0.25, 0.3) is 5.91 Å². The van der Waals surface area contributed by atoms with E-state index in [4.69, 9.17) is 9.72 Å². The predicted octanol–water partition coefficient (Wildman–Crippen LogP) is 2.61. The topological polar surface area (TPSA) is 60.2 Å². The highest BCUT2D eigenvalue weighted by atomic mass is 16.5. The van der Waals surface area contributed by atoms with Crippen LogP contribution in [-0.4, -0.2) is 45.5 Å². The minimum Gasteiger partial charge on any atom is -0.497 e. The molecule has 3 heterocycles. The first-order valence-electron chi connectivity index (χ1n) is 8.38. The number of carbonyl (C=O) groups excluding carboxylic acids is 1. The molecule has 0 N–H and O–H groups in total. The molecule has 0 radical (unpaired) electrons. The Labute approximate surface area is 146 Å². The van der Waals surface area contributed by atoms with Crippen LogP contribution < -0.4 is 4.74 Å². The smallest absolute Gasteiger partial charge is 0.253 e. The van der Waals surface area contributed by atoms with Gasteiger partial charge in [-0.2, -0.15) is 0 Å². The molecule has 0 spiro atoms. The van der Waals surface area contributed by atoms with Crippen molar-refractivity contribution in [2.24, 2.45) is 7.05 Å². The summed E-state index contributed by atoms with van der Waals surface area (Å²) >= 11 is 0. The van der Waals surface area contributed by atoms with Gasteiger partial charge < -0.3 is 14.2 Å². The zero-order valence-corrected chi connectivity index (χ0v) is 14.3. The Bertz CT molecular complexity index is 917. The first-order chi connectivity index (χ1) is 12.2. The number of amides is 1. The highest BCUT2D eigenvalue weighted by molar-refractivity contribution is 5.94. The average molecular weight is 336 g/mol. The number of hydrogen-bond acceptors (Lipinski definition) is 4. The number of fused-ring (bicyclic) bond motifs is 1. The molecule has 25 heavy (non-hydrogen) atoms. The van der Waals surface area contributed by atoms with Crippen molar-refractivity contribution in [2.75, 3.05) is 20.2 Å². The summed E-state index contributed by atoms with van der Waals surface area (Å²) in [5, 5.41) is 0. The number of hydrogen-bond donors (Lipinski definition) is 0. The summed E-state index contributed by atoms with van der Waals surface area (Å²) < 4.78 is 7.19. The molecule has 1 unspecified atom stereocenters. The van der Waals surface area contributed by atoms with Crippen molar-refractivity contribution in [1.82, 2.24) is 19.4 Å². The molecule has 0 saturated carbocycles. The number of aromatic nitrogens is 3. The molecule has 6 nitrogen and oxygen atoms in total. The average Bonchev–Trinajstić information content (AvgIpc) is 3.27. The second-order valence-corrected chi connectivity index (χ2v) is 6.34. The molecule has 3 aromatic rings. The number of rotatable bonds is 3. The van der Waals surface area contributed by atoms with Gasteiger partial charge in [0.1, 0.15) is 17.1 Å².